The lowest BCUT2D eigenvalue weighted by atomic mass is 10.3. The van der Waals surface area contributed by atoms with Gasteiger partial charge in [-0.15, -0.1) is 0 Å². The van der Waals surface area contributed by atoms with Gasteiger partial charge in [0, 0.05) is 18.6 Å². The van der Waals surface area contributed by atoms with Gasteiger partial charge in [0.1, 0.15) is 11.5 Å². The molecule has 0 saturated carbocycles. The van der Waals surface area contributed by atoms with Gasteiger partial charge in [0.25, 0.3) is 0 Å². The molecule has 0 unspecified atom stereocenters. The minimum Gasteiger partial charge on any atom is -0.457 e. The van der Waals surface area contributed by atoms with Gasteiger partial charge in [-0.1, -0.05) is 27.7 Å². The zero-order chi connectivity index (χ0) is 16.3. The molecule has 0 saturated heterocycles. The van der Waals surface area contributed by atoms with Crippen LogP contribution in [-0.2, 0) is 9.84 Å². The molecule has 21 heavy (non-hydrogen) atoms. The molecule has 0 aliphatic carbocycles. The predicted octanol–water partition coefficient (Wildman–Crippen LogP) is 4.33. The Morgan fingerprint density at radius 3 is 1.67 bits per heavy atom. The number of hydrogen-bond donors (Lipinski definition) is 0. The van der Waals surface area contributed by atoms with E-state index < -0.39 is 9.84 Å². The van der Waals surface area contributed by atoms with Gasteiger partial charge in [-0.2, -0.15) is 0 Å². The van der Waals surface area contributed by atoms with Crippen LogP contribution in [0.1, 0.15) is 27.7 Å². The van der Waals surface area contributed by atoms with Gasteiger partial charge in [0.15, 0.2) is 9.84 Å². The summed E-state index contributed by atoms with van der Waals surface area (Å²) < 4.78 is 28.0. The molecule has 5 heteroatoms. The van der Waals surface area contributed by atoms with Crippen LogP contribution in [0.15, 0.2) is 53.7 Å². The molecule has 0 radical (unpaired) electrons. The summed E-state index contributed by atoms with van der Waals surface area (Å²) in [5.74, 6) is 1.25. The first kappa shape index (κ1) is 19.1. The van der Waals surface area contributed by atoms with E-state index in [0.29, 0.717) is 11.5 Å². The molecule has 1 aromatic carbocycles. The Labute approximate surface area is 127 Å². The fourth-order valence-electron chi connectivity index (χ4n) is 1.30. The Morgan fingerprint density at radius 2 is 1.24 bits per heavy atom. The molecule has 0 aliphatic heterocycles. The maximum atomic E-state index is 11.3. The Hall–Kier alpha value is -1.88. The van der Waals surface area contributed by atoms with Crippen LogP contribution in [0, 0.1) is 0 Å². The number of aromatic nitrogens is 1. The van der Waals surface area contributed by atoms with E-state index in [2.05, 4.69) is 4.98 Å². The second kappa shape index (κ2) is 9.94. The molecule has 2 rings (SSSR count). The van der Waals surface area contributed by atoms with Crippen molar-refractivity contribution in [1.82, 2.24) is 4.98 Å². The van der Waals surface area contributed by atoms with Crippen molar-refractivity contribution in [2.45, 2.75) is 32.6 Å². The fourth-order valence-corrected chi connectivity index (χ4v) is 1.93. The minimum atomic E-state index is -3.16. The number of ether oxygens (including phenoxy) is 1. The third kappa shape index (κ3) is 6.90. The van der Waals surface area contributed by atoms with Gasteiger partial charge in [-0.3, -0.25) is 4.98 Å². The van der Waals surface area contributed by atoms with E-state index in [9.17, 15) is 8.42 Å². The highest BCUT2D eigenvalue weighted by Crippen LogP contribution is 2.21. The van der Waals surface area contributed by atoms with Gasteiger partial charge in [-0.05, 0) is 36.4 Å². The van der Waals surface area contributed by atoms with E-state index in [4.69, 9.17) is 4.74 Å². The summed E-state index contributed by atoms with van der Waals surface area (Å²) in [7, 11) is -3.16. The van der Waals surface area contributed by atoms with Gasteiger partial charge in [-0.25, -0.2) is 8.42 Å². The van der Waals surface area contributed by atoms with Crippen molar-refractivity contribution in [2.75, 3.05) is 6.26 Å². The summed E-state index contributed by atoms with van der Waals surface area (Å²) in [5.41, 5.74) is 0. The average molecular weight is 309 g/mol. The lowest BCUT2D eigenvalue weighted by Gasteiger charge is -2.05. The van der Waals surface area contributed by atoms with Gasteiger partial charge < -0.3 is 4.74 Å². The highest BCUT2D eigenvalue weighted by Gasteiger charge is 2.06. The monoisotopic (exact) mass is 309 g/mol. The van der Waals surface area contributed by atoms with Crippen LogP contribution in [0.25, 0.3) is 0 Å². The van der Waals surface area contributed by atoms with Crippen LogP contribution in [0.4, 0.5) is 0 Å². The summed E-state index contributed by atoms with van der Waals surface area (Å²) in [5, 5.41) is 0. The molecule has 2 aromatic rings. The van der Waals surface area contributed by atoms with E-state index in [-0.39, 0.29) is 4.90 Å². The SMILES string of the molecule is CC.CC.CS(=O)(=O)c1ccc(Oc2ccncc2)cc1. The van der Waals surface area contributed by atoms with Crippen molar-refractivity contribution < 1.29 is 13.2 Å². The third-order valence-electron chi connectivity index (χ3n) is 2.14. The molecule has 0 fully saturated rings. The predicted molar refractivity (Wildman–Crippen MR) is 86.6 cm³/mol. The Kier molecular flexibility index (Phi) is 9.05. The van der Waals surface area contributed by atoms with Crippen molar-refractivity contribution in [3.8, 4) is 11.5 Å². The lowest BCUT2D eigenvalue weighted by molar-refractivity contribution is 0.481. The molecule has 4 nitrogen and oxygen atoms in total. The molecule has 116 valence electrons. The van der Waals surface area contributed by atoms with E-state index in [1.54, 1.807) is 36.7 Å². The number of pyridine rings is 1. The molecule has 0 bridgehead atoms. The molecule has 1 heterocycles. The van der Waals surface area contributed by atoms with E-state index in [0.717, 1.165) is 0 Å². The van der Waals surface area contributed by atoms with E-state index in [1.165, 1.54) is 18.4 Å². The van der Waals surface area contributed by atoms with Crippen molar-refractivity contribution >= 4 is 9.84 Å². The molecule has 0 aliphatic rings. The maximum absolute atomic E-state index is 11.3. The second-order valence-corrected chi connectivity index (χ2v) is 5.54. The minimum absolute atomic E-state index is 0.277. The second-order valence-electron chi connectivity index (χ2n) is 3.53. The van der Waals surface area contributed by atoms with Crippen molar-refractivity contribution in [3.63, 3.8) is 0 Å². The lowest BCUT2D eigenvalue weighted by Crippen LogP contribution is -1.96. The first-order valence-electron chi connectivity index (χ1n) is 6.94. The molecule has 0 atom stereocenters. The molecule has 0 spiro atoms. The van der Waals surface area contributed by atoms with Crippen molar-refractivity contribution in [1.29, 1.82) is 0 Å². The largest absolute Gasteiger partial charge is 0.457 e. The average Bonchev–Trinajstić information content (AvgIpc) is 2.52. The molecular formula is C16H23NO3S. The van der Waals surface area contributed by atoms with Gasteiger partial charge in [0.2, 0.25) is 0 Å². The highest BCUT2D eigenvalue weighted by atomic mass is 32.2. The highest BCUT2D eigenvalue weighted by molar-refractivity contribution is 7.90. The van der Waals surface area contributed by atoms with Gasteiger partial charge >= 0.3 is 0 Å². The Morgan fingerprint density at radius 1 is 0.810 bits per heavy atom. The summed E-state index contributed by atoms with van der Waals surface area (Å²) in [6.07, 6.45) is 4.42. The maximum Gasteiger partial charge on any atom is 0.175 e. The summed E-state index contributed by atoms with van der Waals surface area (Å²) in [6, 6.07) is 9.74. The zero-order valence-electron chi connectivity index (χ0n) is 13.2. The summed E-state index contributed by atoms with van der Waals surface area (Å²) in [6.45, 7) is 8.00. The topological polar surface area (TPSA) is 56.3 Å². The first-order chi connectivity index (χ1) is 10.1. The first-order valence-corrected chi connectivity index (χ1v) is 8.83. The molecule has 1 aromatic heterocycles. The van der Waals surface area contributed by atoms with Crippen LogP contribution in [-0.4, -0.2) is 19.7 Å². The normalized spacial score (nSPS) is 9.57. The van der Waals surface area contributed by atoms with Crippen LogP contribution >= 0.6 is 0 Å². The quantitative estimate of drug-likeness (QED) is 0.846. The van der Waals surface area contributed by atoms with Crippen molar-refractivity contribution in [3.05, 3.63) is 48.8 Å². The molecule has 0 N–H and O–H groups in total. The Bertz CT molecular complexity index is 593. The molecular weight excluding hydrogens is 286 g/mol. The number of nitrogens with zero attached hydrogens (tertiary/aromatic N) is 1. The number of hydrogen-bond acceptors (Lipinski definition) is 4. The zero-order valence-corrected chi connectivity index (χ0v) is 14.0. The van der Waals surface area contributed by atoms with Crippen molar-refractivity contribution in [2.24, 2.45) is 0 Å². The van der Waals surface area contributed by atoms with E-state index >= 15 is 0 Å². The number of rotatable bonds is 3. The van der Waals surface area contributed by atoms with Crippen LogP contribution < -0.4 is 4.74 Å². The summed E-state index contributed by atoms with van der Waals surface area (Å²) >= 11 is 0. The van der Waals surface area contributed by atoms with Crippen LogP contribution in [0.3, 0.4) is 0 Å². The smallest absolute Gasteiger partial charge is 0.175 e. The summed E-state index contributed by atoms with van der Waals surface area (Å²) in [4.78, 5) is 4.15. The van der Waals surface area contributed by atoms with Crippen LogP contribution in [0.5, 0.6) is 11.5 Å². The Balaban J connectivity index is 0.000000921. The van der Waals surface area contributed by atoms with Crippen LogP contribution in [0.2, 0.25) is 0 Å². The molecule has 0 amide bonds. The number of sulfone groups is 1. The van der Waals surface area contributed by atoms with E-state index in [1.807, 2.05) is 27.7 Å². The van der Waals surface area contributed by atoms with Gasteiger partial charge in [0.05, 0.1) is 4.90 Å². The standard InChI is InChI=1S/C12H11NO3S.2C2H6/c1-17(14,15)12-4-2-10(3-5-12)16-11-6-8-13-9-7-11;2*1-2/h2-9H,1H3;2*1-2H3. The number of benzene rings is 1. The fraction of sp³-hybridized carbons (Fsp3) is 0.312. The third-order valence-corrected chi connectivity index (χ3v) is 3.27.